The summed E-state index contributed by atoms with van der Waals surface area (Å²) in [4.78, 5) is 29.5. The average Bonchev–Trinajstić information content (AvgIpc) is 3.44. The number of hydrogen-bond acceptors (Lipinski definition) is 7. The quantitative estimate of drug-likeness (QED) is 0.649. The summed E-state index contributed by atoms with van der Waals surface area (Å²) in [5.41, 5.74) is 2.24. The van der Waals surface area contributed by atoms with Crippen LogP contribution in [0, 0.1) is 11.3 Å². The Bertz CT molecular complexity index is 1040. The first-order valence-electron chi connectivity index (χ1n) is 10.6. The molecule has 2 atom stereocenters. The van der Waals surface area contributed by atoms with Crippen molar-refractivity contribution >= 4 is 34.4 Å². The Kier molecular flexibility index (Phi) is 7.14. The van der Waals surface area contributed by atoms with Gasteiger partial charge in [0.15, 0.2) is 0 Å². The zero-order valence-electron chi connectivity index (χ0n) is 17.5. The first-order chi connectivity index (χ1) is 15.6. The number of aromatic nitrogens is 1. The van der Waals surface area contributed by atoms with Crippen LogP contribution in [-0.4, -0.2) is 42.3 Å². The second-order valence-corrected chi connectivity index (χ2v) is 8.82. The Balaban J connectivity index is 1.35. The minimum Gasteiger partial charge on any atom is -0.446 e. The number of fused-ring (bicyclic) bond motifs is 1. The molecule has 9 heteroatoms. The zero-order chi connectivity index (χ0) is 22.3. The van der Waals surface area contributed by atoms with Gasteiger partial charge in [-0.1, -0.05) is 6.07 Å². The van der Waals surface area contributed by atoms with E-state index in [9.17, 15) is 14.9 Å². The van der Waals surface area contributed by atoms with E-state index in [1.165, 1.54) is 17.4 Å². The number of nitriles is 1. The molecule has 2 aliphatic rings. The van der Waals surface area contributed by atoms with Gasteiger partial charge in [-0.3, -0.25) is 9.78 Å². The second kappa shape index (κ2) is 10.4. The van der Waals surface area contributed by atoms with Gasteiger partial charge in [-0.05, 0) is 49.0 Å². The maximum atomic E-state index is 12.3. The lowest BCUT2D eigenvalue weighted by Gasteiger charge is -2.23. The van der Waals surface area contributed by atoms with Gasteiger partial charge in [0, 0.05) is 42.9 Å². The molecule has 4 rings (SSSR count). The molecule has 0 radical (unpaired) electrons. The van der Waals surface area contributed by atoms with Gasteiger partial charge < -0.3 is 20.1 Å². The first-order valence-corrected chi connectivity index (χ1v) is 11.4. The minimum atomic E-state index is -0.444. The van der Waals surface area contributed by atoms with Crippen LogP contribution in [0.3, 0.4) is 0 Å². The Hall–Kier alpha value is -3.22. The van der Waals surface area contributed by atoms with Crippen LogP contribution in [0.1, 0.15) is 40.8 Å². The summed E-state index contributed by atoms with van der Waals surface area (Å²) in [5, 5.41) is 15.8. The molecule has 1 aliphatic carbocycles. The standard InChI is InChI=1S/C23H24N4O4S/c24-12-19-18-7-6-16(31-23(29)26-14-17-4-2-10-30-17)11-20(18)32-22(19)27-21(28)8-5-15-3-1-9-25-13-15/h1,3,5,8-9,13,16-17H,2,4,6-7,10-11,14H2,(H,26,29)(H,27,28)/b8-5+. The number of nitrogens with one attached hydrogen (secondary N) is 2. The van der Waals surface area contributed by atoms with Crippen molar-refractivity contribution in [3.63, 3.8) is 0 Å². The van der Waals surface area contributed by atoms with E-state index < -0.39 is 6.09 Å². The van der Waals surface area contributed by atoms with Gasteiger partial charge in [0.25, 0.3) is 0 Å². The summed E-state index contributed by atoms with van der Waals surface area (Å²) in [7, 11) is 0. The van der Waals surface area contributed by atoms with Crippen LogP contribution >= 0.6 is 11.3 Å². The van der Waals surface area contributed by atoms with E-state index in [1.807, 2.05) is 6.07 Å². The number of thiophene rings is 1. The van der Waals surface area contributed by atoms with Crippen LogP contribution < -0.4 is 10.6 Å². The number of pyridine rings is 1. The molecular weight excluding hydrogens is 428 g/mol. The molecule has 0 aromatic carbocycles. The highest BCUT2D eigenvalue weighted by Crippen LogP contribution is 2.38. The molecule has 166 valence electrons. The summed E-state index contributed by atoms with van der Waals surface area (Å²) >= 11 is 1.37. The van der Waals surface area contributed by atoms with Crippen molar-refractivity contribution in [3.05, 3.63) is 52.2 Å². The number of hydrogen-bond donors (Lipinski definition) is 2. The molecule has 32 heavy (non-hydrogen) atoms. The third-order valence-electron chi connectivity index (χ3n) is 5.45. The number of carbonyl (C=O) groups is 2. The van der Waals surface area contributed by atoms with E-state index in [2.05, 4.69) is 21.7 Å². The molecule has 3 heterocycles. The summed E-state index contributed by atoms with van der Waals surface area (Å²) in [6.45, 7) is 1.20. The van der Waals surface area contributed by atoms with Gasteiger partial charge >= 0.3 is 6.09 Å². The highest BCUT2D eigenvalue weighted by atomic mass is 32.1. The molecule has 8 nitrogen and oxygen atoms in total. The fourth-order valence-corrected chi connectivity index (χ4v) is 5.12. The number of alkyl carbamates (subject to hydrolysis) is 1. The Morgan fingerprint density at radius 1 is 1.41 bits per heavy atom. The fraction of sp³-hybridized carbons (Fsp3) is 0.391. The summed E-state index contributed by atoms with van der Waals surface area (Å²) in [6.07, 6.45) is 9.53. The maximum absolute atomic E-state index is 12.3. The van der Waals surface area contributed by atoms with Crippen molar-refractivity contribution in [2.75, 3.05) is 18.5 Å². The molecular formula is C23H24N4O4S. The lowest BCUT2D eigenvalue weighted by molar-refractivity contribution is -0.111. The molecule has 1 fully saturated rings. The summed E-state index contributed by atoms with van der Waals surface area (Å²) in [6, 6.07) is 5.85. The molecule has 2 amide bonds. The van der Waals surface area contributed by atoms with Crippen molar-refractivity contribution < 1.29 is 19.1 Å². The highest BCUT2D eigenvalue weighted by Gasteiger charge is 2.28. The smallest absolute Gasteiger partial charge is 0.407 e. The topological polar surface area (TPSA) is 113 Å². The van der Waals surface area contributed by atoms with Gasteiger partial charge in [-0.2, -0.15) is 5.26 Å². The summed E-state index contributed by atoms with van der Waals surface area (Å²) in [5.74, 6) is -0.315. The lowest BCUT2D eigenvalue weighted by Crippen LogP contribution is -2.36. The number of rotatable bonds is 6. The van der Waals surface area contributed by atoms with Gasteiger partial charge in [0.1, 0.15) is 17.2 Å². The molecule has 2 N–H and O–H groups in total. The minimum absolute atomic E-state index is 0.0642. The van der Waals surface area contributed by atoms with Crippen LogP contribution in [0.4, 0.5) is 9.80 Å². The van der Waals surface area contributed by atoms with Gasteiger partial charge in [-0.15, -0.1) is 11.3 Å². The first kappa shape index (κ1) is 22.0. The number of nitrogens with zero attached hydrogens (tertiary/aromatic N) is 2. The molecule has 2 aromatic rings. The van der Waals surface area contributed by atoms with Crippen LogP contribution in [0.25, 0.3) is 6.08 Å². The maximum Gasteiger partial charge on any atom is 0.407 e. The second-order valence-electron chi connectivity index (χ2n) is 7.71. The zero-order valence-corrected chi connectivity index (χ0v) is 18.3. The van der Waals surface area contributed by atoms with Crippen molar-refractivity contribution in [3.8, 4) is 6.07 Å². The predicted molar refractivity (Wildman–Crippen MR) is 120 cm³/mol. The fourth-order valence-electron chi connectivity index (χ4n) is 3.86. The Morgan fingerprint density at radius 3 is 3.06 bits per heavy atom. The summed E-state index contributed by atoms with van der Waals surface area (Å²) < 4.78 is 11.1. The Labute approximate surface area is 190 Å². The van der Waals surface area contributed by atoms with E-state index >= 15 is 0 Å². The predicted octanol–water partition coefficient (Wildman–Crippen LogP) is 3.43. The van der Waals surface area contributed by atoms with Crippen molar-refractivity contribution in [2.45, 2.75) is 44.3 Å². The molecule has 1 aliphatic heterocycles. The number of anilines is 1. The third kappa shape index (κ3) is 5.52. The van der Waals surface area contributed by atoms with E-state index in [4.69, 9.17) is 9.47 Å². The van der Waals surface area contributed by atoms with E-state index in [0.717, 1.165) is 35.5 Å². The van der Waals surface area contributed by atoms with E-state index in [1.54, 1.807) is 24.5 Å². The Morgan fingerprint density at radius 2 is 2.31 bits per heavy atom. The van der Waals surface area contributed by atoms with Crippen LogP contribution in [-0.2, 0) is 27.1 Å². The molecule has 2 unspecified atom stereocenters. The number of ether oxygens (including phenoxy) is 2. The average molecular weight is 453 g/mol. The van der Waals surface area contributed by atoms with Crippen molar-refractivity contribution in [1.29, 1.82) is 5.26 Å². The van der Waals surface area contributed by atoms with Crippen LogP contribution in [0.15, 0.2) is 30.6 Å². The van der Waals surface area contributed by atoms with Crippen LogP contribution in [0.5, 0.6) is 0 Å². The molecule has 1 saturated heterocycles. The number of amides is 2. The molecule has 0 spiro atoms. The normalized spacial score (nSPS) is 19.8. The van der Waals surface area contributed by atoms with E-state index in [0.29, 0.717) is 36.4 Å². The van der Waals surface area contributed by atoms with Crippen molar-refractivity contribution in [2.24, 2.45) is 0 Å². The van der Waals surface area contributed by atoms with Gasteiger partial charge in [-0.25, -0.2) is 4.79 Å². The monoisotopic (exact) mass is 452 g/mol. The van der Waals surface area contributed by atoms with Gasteiger partial charge in [0.2, 0.25) is 5.91 Å². The molecule has 2 aromatic heterocycles. The van der Waals surface area contributed by atoms with Gasteiger partial charge in [0.05, 0.1) is 11.7 Å². The van der Waals surface area contributed by atoms with E-state index in [-0.39, 0.29) is 18.1 Å². The highest BCUT2D eigenvalue weighted by molar-refractivity contribution is 7.16. The molecule has 0 saturated carbocycles. The largest absolute Gasteiger partial charge is 0.446 e. The third-order valence-corrected chi connectivity index (χ3v) is 6.62. The molecule has 0 bridgehead atoms. The lowest BCUT2D eigenvalue weighted by atomic mass is 9.94. The van der Waals surface area contributed by atoms with Crippen molar-refractivity contribution in [1.82, 2.24) is 10.3 Å². The number of carbonyl (C=O) groups excluding carboxylic acids is 2. The van der Waals surface area contributed by atoms with Crippen LogP contribution in [0.2, 0.25) is 0 Å². The SMILES string of the molecule is N#Cc1c(NC(=O)/C=C/c2cccnc2)sc2c1CCC(OC(=O)NCC1CCCO1)C2.